The van der Waals surface area contributed by atoms with Crippen molar-refractivity contribution in [1.29, 1.82) is 0 Å². The third kappa shape index (κ3) is 4.82. The number of fused-ring (bicyclic) bond motifs is 9. The third-order valence-corrected chi connectivity index (χ3v) is 13.3. The van der Waals surface area contributed by atoms with E-state index < -0.39 is 5.41 Å². The Bertz CT molecular complexity index is 3250. The molecule has 9 aromatic carbocycles. The van der Waals surface area contributed by atoms with Gasteiger partial charge in [0, 0.05) is 22.2 Å². The van der Waals surface area contributed by atoms with Crippen LogP contribution in [0, 0.1) is 0 Å². The Balaban J connectivity index is 1.16. The second-order valence-electron chi connectivity index (χ2n) is 16.8. The predicted octanol–water partition coefficient (Wildman–Crippen LogP) is 15.4. The van der Waals surface area contributed by atoms with Gasteiger partial charge in [0.15, 0.2) is 0 Å². The highest BCUT2D eigenvalue weighted by Crippen LogP contribution is 2.58. The van der Waals surface area contributed by atoms with Crippen LogP contribution in [0.2, 0.25) is 0 Å². The summed E-state index contributed by atoms with van der Waals surface area (Å²) in [6, 6.07) is 78.0. The number of para-hydroxylation sites is 1. The molecule has 284 valence electrons. The first-order valence-corrected chi connectivity index (χ1v) is 20.9. The lowest BCUT2D eigenvalue weighted by Crippen LogP contribution is -2.28. The molecule has 2 nitrogen and oxygen atoms in total. The zero-order valence-electron chi connectivity index (χ0n) is 33.6. The van der Waals surface area contributed by atoms with E-state index >= 15 is 0 Å². The molecule has 0 spiro atoms. The standard InChI is InChI=1S/C58H41NO/c1-57(2)48-35-33-41(36-47(48)55-43(26-16-28-50(55)57)38-18-6-3-7-19-38)59(52-29-17-31-54-56(52)46-25-13-15-30-53(46)60-54)42-32-34-45-44-24-12-14-27-49(44)58(51(45)37-42,39-20-8-4-9-21-39)40-22-10-5-11-23-40/h3-37H,1-2H3. The first kappa shape index (κ1) is 34.6. The van der Waals surface area contributed by atoms with Gasteiger partial charge in [-0.2, -0.15) is 0 Å². The summed E-state index contributed by atoms with van der Waals surface area (Å²) in [5.74, 6) is 0. The molecule has 1 heterocycles. The second kappa shape index (κ2) is 13.0. The smallest absolute Gasteiger partial charge is 0.137 e. The van der Waals surface area contributed by atoms with Crippen LogP contribution in [-0.4, -0.2) is 0 Å². The molecule has 0 saturated heterocycles. The van der Waals surface area contributed by atoms with E-state index in [0.717, 1.165) is 39.0 Å². The van der Waals surface area contributed by atoms with Gasteiger partial charge >= 0.3 is 0 Å². The molecule has 0 atom stereocenters. The zero-order valence-corrected chi connectivity index (χ0v) is 33.6. The lowest BCUT2D eigenvalue weighted by atomic mass is 9.67. The Hall–Kier alpha value is -7.42. The number of anilines is 3. The third-order valence-electron chi connectivity index (χ3n) is 13.3. The normalized spacial score (nSPS) is 14.1. The van der Waals surface area contributed by atoms with Gasteiger partial charge in [0.1, 0.15) is 11.2 Å². The molecule has 0 fully saturated rings. The summed E-state index contributed by atoms with van der Waals surface area (Å²) < 4.78 is 6.57. The molecule has 1 aromatic heterocycles. The number of furan rings is 1. The molecule has 0 radical (unpaired) electrons. The lowest BCUT2D eigenvalue weighted by Gasteiger charge is -2.35. The van der Waals surface area contributed by atoms with Crippen molar-refractivity contribution in [3.63, 3.8) is 0 Å². The first-order valence-electron chi connectivity index (χ1n) is 20.9. The van der Waals surface area contributed by atoms with E-state index in [-0.39, 0.29) is 5.41 Å². The summed E-state index contributed by atoms with van der Waals surface area (Å²) in [7, 11) is 0. The van der Waals surface area contributed by atoms with Crippen LogP contribution in [0.1, 0.15) is 47.2 Å². The van der Waals surface area contributed by atoms with Gasteiger partial charge in [0.25, 0.3) is 0 Å². The van der Waals surface area contributed by atoms with Crippen molar-refractivity contribution in [3.8, 4) is 33.4 Å². The quantitative estimate of drug-likeness (QED) is 0.168. The topological polar surface area (TPSA) is 16.4 Å². The van der Waals surface area contributed by atoms with E-state index in [4.69, 9.17) is 4.42 Å². The molecular weight excluding hydrogens is 727 g/mol. The Morgan fingerprint density at radius 3 is 1.77 bits per heavy atom. The molecule has 0 amide bonds. The highest BCUT2D eigenvalue weighted by Gasteiger charge is 2.46. The van der Waals surface area contributed by atoms with E-state index in [1.54, 1.807) is 0 Å². The van der Waals surface area contributed by atoms with Crippen molar-refractivity contribution in [2.75, 3.05) is 4.90 Å². The van der Waals surface area contributed by atoms with Crippen LogP contribution in [0.5, 0.6) is 0 Å². The van der Waals surface area contributed by atoms with Crippen LogP contribution in [-0.2, 0) is 10.8 Å². The molecule has 12 rings (SSSR count). The average molecular weight is 768 g/mol. The largest absolute Gasteiger partial charge is 0.456 e. The van der Waals surface area contributed by atoms with Gasteiger partial charge in [-0.05, 0) is 109 Å². The van der Waals surface area contributed by atoms with Crippen LogP contribution in [0.3, 0.4) is 0 Å². The summed E-state index contributed by atoms with van der Waals surface area (Å²) in [6.45, 7) is 4.74. The van der Waals surface area contributed by atoms with Gasteiger partial charge in [0.2, 0.25) is 0 Å². The summed E-state index contributed by atoms with van der Waals surface area (Å²) >= 11 is 0. The maximum absolute atomic E-state index is 6.57. The molecule has 0 unspecified atom stereocenters. The number of rotatable bonds is 6. The Morgan fingerprint density at radius 2 is 0.983 bits per heavy atom. The summed E-state index contributed by atoms with van der Waals surface area (Å²) in [5, 5.41) is 2.20. The van der Waals surface area contributed by atoms with Crippen LogP contribution in [0.4, 0.5) is 17.1 Å². The van der Waals surface area contributed by atoms with Crippen LogP contribution < -0.4 is 4.90 Å². The summed E-state index contributed by atoms with van der Waals surface area (Å²) in [5.41, 5.74) is 19.7. The fourth-order valence-corrected chi connectivity index (χ4v) is 10.7. The number of nitrogens with zero attached hydrogens (tertiary/aromatic N) is 1. The van der Waals surface area contributed by atoms with Gasteiger partial charge in [-0.1, -0.05) is 184 Å². The molecule has 2 aliphatic carbocycles. The van der Waals surface area contributed by atoms with Crippen molar-refractivity contribution < 1.29 is 4.42 Å². The predicted molar refractivity (Wildman–Crippen MR) is 249 cm³/mol. The molecular formula is C58H41NO. The summed E-state index contributed by atoms with van der Waals surface area (Å²) in [4.78, 5) is 2.48. The van der Waals surface area contributed by atoms with Crippen LogP contribution in [0.15, 0.2) is 217 Å². The second-order valence-corrected chi connectivity index (χ2v) is 16.8. The minimum absolute atomic E-state index is 0.163. The lowest BCUT2D eigenvalue weighted by molar-refractivity contribution is 0.660. The number of hydrogen-bond donors (Lipinski definition) is 0. The molecule has 0 bridgehead atoms. The van der Waals surface area contributed by atoms with Crippen molar-refractivity contribution in [3.05, 3.63) is 246 Å². The molecule has 2 heteroatoms. The van der Waals surface area contributed by atoms with Gasteiger partial charge in [-0.3, -0.25) is 0 Å². The minimum atomic E-state index is -0.532. The Labute approximate surface area is 350 Å². The van der Waals surface area contributed by atoms with Crippen LogP contribution >= 0.6 is 0 Å². The first-order chi connectivity index (χ1) is 29.5. The minimum Gasteiger partial charge on any atom is -0.456 e. The van der Waals surface area contributed by atoms with E-state index in [9.17, 15) is 0 Å². The maximum atomic E-state index is 6.57. The Morgan fingerprint density at radius 1 is 0.400 bits per heavy atom. The fraction of sp³-hybridized carbons (Fsp3) is 0.0690. The highest BCUT2D eigenvalue weighted by atomic mass is 16.3. The number of benzene rings is 9. The van der Waals surface area contributed by atoms with E-state index in [2.05, 4.69) is 231 Å². The SMILES string of the molecule is CC1(C)c2ccc(N(c3ccc4c(c3)C(c3ccccc3)(c3ccccc3)c3ccccc3-4)c3cccc4oc5ccccc5c34)cc2-c2c(-c3ccccc3)cccc21. The average Bonchev–Trinajstić information content (AvgIpc) is 3.91. The Kier molecular flexibility index (Phi) is 7.52. The van der Waals surface area contributed by atoms with Gasteiger partial charge in [-0.25, -0.2) is 0 Å². The van der Waals surface area contributed by atoms with Gasteiger partial charge in [-0.15, -0.1) is 0 Å². The molecule has 0 N–H and O–H groups in total. The van der Waals surface area contributed by atoms with Crippen molar-refractivity contribution in [2.24, 2.45) is 0 Å². The fourth-order valence-electron chi connectivity index (χ4n) is 10.7. The van der Waals surface area contributed by atoms with Crippen molar-refractivity contribution in [2.45, 2.75) is 24.7 Å². The van der Waals surface area contributed by atoms with E-state index in [0.29, 0.717) is 0 Å². The van der Waals surface area contributed by atoms with Gasteiger partial charge in [0.05, 0.1) is 16.5 Å². The molecule has 0 saturated carbocycles. The van der Waals surface area contributed by atoms with Crippen molar-refractivity contribution >= 4 is 39.0 Å². The number of hydrogen-bond acceptors (Lipinski definition) is 2. The molecule has 10 aromatic rings. The van der Waals surface area contributed by atoms with Crippen LogP contribution in [0.25, 0.3) is 55.3 Å². The van der Waals surface area contributed by atoms with E-state index in [1.807, 2.05) is 0 Å². The zero-order chi connectivity index (χ0) is 40.0. The molecule has 2 aliphatic rings. The van der Waals surface area contributed by atoms with E-state index in [1.165, 1.54) is 66.8 Å². The van der Waals surface area contributed by atoms with Gasteiger partial charge < -0.3 is 9.32 Å². The molecule has 60 heavy (non-hydrogen) atoms. The molecule has 0 aliphatic heterocycles. The van der Waals surface area contributed by atoms with Crippen molar-refractivity contribution in [1.82, 2.24) is 0 Å². The monoisotopic (exact) mass is 767 g/mol. The highest BCUT2D eigenvalue weighted by molar-refractivity contribution is 6.13. The maximum Gasteiger partial charge on any atom is 0.137 e. The summed E-state index contributed by atoms with van der Waals surface area (Å²) in [6.07, 6.45) is 0.